The first-order valence-electron chi connectivity index (χ1n) is 10.9. The lowest BCUT2D eigenvalue weighted by molar-refractivity contribution is 0.0478. The van der Waals surface area contributed by atoms with Crippen LogP contribution in [0.5, 0.6) is 5.75 Å². The van der Waals surface area contributed by atoms with Crippen molar-refractivity contribution in [2.45, 2.75) is 58.6 Å². The first kappa shape index (κ1) is 26.3. The van der Waals surface area contributed by atoms with Gasteiger partial charge in [-0.2, -0.15) is 0 Å². The first-order chi connectivity index (χ1) is 15.3. The van der Waals surface area contributed by atoms with E-state index in [1.807, 2.05) is 13.0 Å². The van der Waals surface area contributed by atoms with Crippen LogP contribution in [0.25, 0.3) is 0 Å². The highest BCUT2D eigenvalue weighted by molar-refractivity contribution is 7.52. The van der Waals surface area contributed by atoms with E-state index in [1.54, 1.807) is 38.1 Å². The highest BCUT2D eigenvalue weighted by atomic mass is 31.2. The molecule has 2 atom stereocenters. The minimum Gasteiger partial charge on any atom is -0.506 e. The van der Waals surface area contributed by atoms with E-state index in [-0.39, 0.29) is 31.1 Å². The number of aliphatic imine (C=N–C) groups is 1. The molecule has 0 spiro atoms. The maximum Gasteiger partial charge on any atom is 0.459 e. The Morgan fingerprint density at radius 3 is 2.56 bits per heavy atom. The third kappa shape index (κ3) is 8.19. The number of hydrogen-bond donors (Lipinski definition) is 3. The van der Waals surface area contributed by atoms with Gasteiger partial charge < -0.3 is 20.1 Å². The molecular weight excluding hydrogens is 429 g/mol. The summed E-state index contributed by atoms with van der Waals surface area (Å²) < 4.78 is 31.0. The van der Waals surface area contributed by atoms with E-state index in [1.165, 1.54) is 12.8 Å². The minimum atomic E-state index is -3.76. The van der Waals surface area contributed by atoms with Crippen molar-refractivity contribution in [3.05, 3.63) is 52.9 Å². The van der Waals surface area contributed by atoms with Gasteiger partial charge in [-0.05, 0) is 58.0 Å². The fourth-order valence-electron chi connectivity index (χ4n) is 3.39. The highest BCUT2D eigenvalue weighted by Gasteiger charge is 2.30. The summed E-state index contributed by atoms with van der Waals surface area (Å²) in [4.78, 5) is 3.74. The second-order valence-corrected chi connectivity index (χ2v) is 9.69. The van der Waals surface area contributed by atoms with Gasteiger partial charge in [0.05, 0.1) is 25.0 Å². The zero-order valence-electron chi connectivity index (χ0n) is 19.3. The molecule has 1 aromatic rings. The molecule has 1 unspecified atom stereocenters. The number of aliphatic hydroxyl groups excluding tert-OH is 1. The third-order valence-electron chi connectivity index (χ3n) is 5.27. The predicted octanol–water partition coefficient (Wildman–Crippen LogP) is 4.89. The summed E-state index contributed by atoms with van der Waals surface area (Å²) in [5, 5.41) is 13.3. The molecule has 0 amide bonds. The Morgan fingerprint density at radius 2 is 1.97 bits per heavy atom. The Labute approximate surface area is 191 Å². The number of para-hydroxylation sites is 1. The third-order valence-corrected chi connectivity index (χ3v) is 6.94. The smallest absolute Gasteiger partial charge is 0.459 e. The molecule has 0 radical (unpaired) electrons. The van der Waals surface area contributed by atoms with E-state index in [2.05, 4.69) is 16.8 Å². The van der Waals surface area contributed by atoms with Crippen molar-refractivity contribution in [3.8, 4) is 5.75 Å². The topological polar surface area (TPSA) is 115 Å². The molecule has 178 valence electrons. The van der Waals surface area contributed by atoms with Gasteiger partial charge in [-0.1, -0.05) is 31.0 Å². The molecule has 1 aromatic carbocycles. The van der Waals surface area contributed by atoms with Gasteiger partial charge in [0.25, 0.3) is 0 Å². The van der Waals surface area contributed by atoms with Crippen LogP contribution >= 0.6 is 7.75 Å². The second kappa shape index (κ2) is 12.9. The monoisotopic (exact) mass is 465 g/mol. The summed E-state index contributed by atoms with van der Waals surface area (Å²) >= 11 is 0. The number of nitrogens with one attached hydrogen (secondary N) is 1. The first-order valence-corrected chi connectivity index (χ1v) is 12.5. The van der Waals surface area contributed by atoms with E-state index in [0.29, 0.717) is 29.2 Å². The van der Waals surface area contributed by atoms with Crippen molar-refractivity contribution < 1.29 is 23.5 Å². The van der Waals surface area contributed by atoms with Crippen LogP contribution in [0.1, 0.15) is 46.5 Å². The summed E-state index contributed by atoms with van der Waals surface area (Å²) in [5.41, 5.74) is 7.23. The van der Waals surface area contributed by atoms with Crippen LogP contribution in [0, 0.1) is 0 Å². The van der Waals surface area contributed by atoms with Crippen LogP contribution < -0.4 is 15.3 Å². The molecule has 0 heterocycles. The molecule has 0 aliphatic heterocycles. The fraction of sp³-hybridized carbons (Fsp3) is 0.522. The number of nitrogens with two attached hydrogens (primary N) is 1. The van der Waals surface area contributed by atoms with Gasteiger partial charge >= 0.3 is 7.75 Å². The summed E-state index contributed by atoms with van der Waals surface area (Å²) in [6.07, 6.45) is 4.74. The van der Waals surface area contributed by atoms with Crippen molar-refractivity contribution in [2.75, 3.05) is 19.8 Å². The molecule has 1 fully saturated rings. The molecule has 8 nitrogen and oxygen atoms in total. The predicted molar refractivity (Wildman–Crippen MR) is 128 cm³/mol. The molecular formula is C23H36N3O5P. The average molecular weight is 466 g/mol. The minimum absolute atomic E-state index is 0.0612. The zero-order valence-corrected chi connectivity index (χ0v) is 20.1. The van der Waals surface area contributed by atoms with Crippen molar-refractivity contribution in [3.63, 3.8) is 0 Å². The lowest BCUT2D eigenvalue weighted by atomic mass is 10.1. The molecule has 2 rings (SSSR count). The van der Waals surface area contributed by atoms with Gasteiger partial charge in [0.1, 0.15) is 11.5 Å². The van der Waals surface area contributed by atoms with E-state index < -0.39 is 7.75 Å². The number of rotatable bonds is 13. The molecule has 0 bridgehead atoms. The number of nitrogens with zero attached hydrogens (tertiary/aromatic N) is 1. The highest BCUT2D eigenvalue weighted by Crippen LogP contribution is 2.45. The number of aliphatic hydroxyl groups is 1. The summed E-state index contributed by atoms with van der Waals surface area (Å²) in [5.74, 6) is 0.357. The number of hydrogen-bond acceptors (Lipinski definition) is 7. The van der Waals surface area contributed by atoms with Gasteiger partial charge in [0.2, 0.25) is 0 Å². The molecule has 1 saturated carbocycles. The Balaban J connectivity index is 2.13. The number of allylic oxidation sites excluding steroid dienone is 1. The van der Waals surface area contributed by atoms with Gasteiger partial charge in [-0.25, -0.2) is 9.65 Å². The quantitative estimate of drug-likeness (QED) is 0.164. The van der Waals surface area contributed by atoms with Crippen LogP contribution in [0.4, 0.5) is 0 Å². The van der Waals surface area contributed by atoms with Gasteiger partial charge in [0.15, 0.2) is 0 Å². The molecule has 9 heteroatoms. The molecule has 0 saturated heterocycles. The van der Waals surface area contributed by atoms with Crippen molar-refractivity contribution in [1.82, 2.24) is 5.09 Å². The molecule has 0 aromatic heterocycles. The molecule has 32 heavy (non-hydrogen) atoms. The number of benzene rings is 1. The summed E-state index contributed by atoms with van der Waals surface area (Å²) in [6.45, 7) is 9.07. The molecule has 4 N–H and O–H groups in total. The Hall–Kier alpha value is -1.96. The van der Waals surface area contributed by atoms with Crippen molar-refractivity contribution in [1.29, 1.82) is 0 Å². The zero-order chi connectivity index (χ0) is 23.6. The Bertz CT molecular complexity index is 850. The largest absolute Gasteiger partial charge is 0.506 e. The summed E-state index contributed by atoms with van der Waals surface area (Å²) in [6, 6.07) is 8.58. The lowest BCUT2D eigenvalue weighted by Crippen LogP contribution is -2.32. The van der Waals surface area contributed by atoms with E-state index >= 15 is 0 Å². The molecule has 1 aliphatic carbocycles. The van der Waals surface area contributed by atoms with Crippen molar-refractivity contribution in [2.24, 2.45) is 10.7 Å². The normalized spacial score (nSPS) is 19.0. The second-order valence-electron chi connectivity index (χ2n) is 8.00. The fourth-order valence-corrected chi connectivity index (χ4v) is 4.95. The number of ether oxygens (including phenoxy) is 1. The van der Waals surface area contributed by atoms with E-state index in [4.69, 9.17) is 19.5 Å². The van der Waals surface area contributed by atoms with Gasteiger partial charge in [-0.15, -0.1) is 0 Å². The van der Waals surface area contributed by atoms with Crippen LogP contribution in [0.2, 0.25) is 0 Å². The van der Waals surface area contributed by atoms with Crippen LogP contribution in [-0.4, -0.2) is 43.7 Å². The van der Waals surface area contributed by atoms with E-state index in [9.17, 15) is 9.67 Å². The van der Waals surface area contributed by atoms with Gasteiger partial charge in [0, 0.05) is 18.2 Å². The Kier molecular flexibility index (Phi) is 10.6. The van der Waals surface area contributed by atoms with Crippen molar-refractivity contribution >= 4 is 14.5 Å². The van der Waals surface area contributed by atoms with Gasteiger partial charge in [-0.3, -0.25) is 9.52 Å². The lowest BCUT2D eigenvalue weighted by Gasteiger charge is -2.25. The average Bonchev–Trinajstić information content (AvgIpc) is 3.30. The standard InChI is InChI=1S/C23H36N3O5P/c1-17(22(14-24)23(27)19(3)25-4)15-30-32(28,31-21-12-6-5-7-13-21)26-18(2)16-29-20-10-8-9-11-20/h5-7,12-13,18,20,27H,4,8-11,14-16,24H2,1-3H3,(H,26,28)/b22-17+,23-19+/t18-,32?/m0/s1. The Morgan fingerprint density at radius 1 is 1.31 bits per heavy atom. The molecule has 1 aliphatic rings. The summed E-state index contributed by atoms with van der Waals surface area (Å²) in [7, 11) is -3.76. The van der Waals surface area contributed by atoms with Crippen LogP contribution in [-0.2, 0) is 13.8 Å². The maximum absolute atomic E-state index is 13.6. The SMILES string of the molecule is C=N/C(C)=C(O)\C(CN)=C(/C)COP(=O)(N[C@@H](C)COC1CCCC1)Oc1ccccc1. The van der Waals surface area contributed by atoms with Crippen LogP contribution in [0.15, 0.2) is 57.9 Å². The van der Waals surface area contributed by atoms with Crippen LogP contribution in [0.3, 0.4) is 0 Å². The van der Waals surface area contributed by atoms with E-state index in [0.717, 1.165) is 12.8 Å². The maximum atomic E-state index is 13.6.